The third-order valence-corrected chi connectivity index (χ3v) is 9.44. The Balaban J connectivity index is 1.85. The van der Waals surface area contributed by atoms with E-state index in [1.807, 2.05) is 0 Å². The van der Waals surface area contributed by atoms with Crippen LogP contribution in [0.15, 0.2) is 49.3 Å². The van der Waals surface area contributed by atoms with E-state index in [-0.39, 0.29) is 43.8 Å². The predicted octanol–water partition coefficient (Wildman–Crippen LogP) is -0.634. The molecule has 12 N–H and O–H groups in total. The van der Waals surface area contributed by atoms with Crippen LogP contribution in [0.2, 0.25) is 0 Å². The van der Waals surface area contributed by atoms with Gasteiger partial charge in [-0.25, -0.2) is 14.8 Å². The topological polar surface area (TPSA) is 324 Å². The summed E-state index contributed by atoms with van der Waals surface area (Å²) < 4.78 is 0. The summed E-state index contributed by atoms with van der Waals surface area (Å²) in [6.07, 6.45) is 6.52. The lowest BCUT2D eigenvalue weighted by Crippen LogP contribution is -2.60. The number of thioether (sulfide) groups is 1. The van der Waals surface area contributed by atoms with Gasteiger partial charge < -0.3 is 57.6 Å². The number of aromatic amines is 2. The molecule has 2 aromatic heterocycles. The fraction of sp³-hybridized carbons (Fsp3) is 0.486. The van der Waals surface area contributed by atoms with Crippen LogP contribution >= 0.6 is 11.8 Å². The number of carbonyl (C=O) groups is 7. The molecular weight excluding hydrogens is 777 g/mol. The normalized spacial score (nSPS) is 14.2. The first-order chi connectivity index (χ1) is 27.6. The Morgan fingerprint density at radius 2 is 1.19 bits per heavy atom. The van der Waals surface area contributed by atoms with Crippen molar-refractivity contribution in [3.8, 4) is 5.75 Å². The average Bonchev–Trinajstić information content (AvgIpc) is 3.89. The van der Waals surface area contributed by atoms with Crippen molar-refractivity contribution in [3.05, 3.63) is 66.3 Å². The van der Waals surface area contributed by atoms with E-state index in [1.165, 1.54) is 48.9 Å². The number of nitrogens with one attached hydrogen (secondary N) is 7. The minimum absolute atomic E-state index is 0.0191. The second-order valence-electron chi connectivity index (χ2n) is 14.0. The number of nitrogens with zero attached hydrogens (tertiary/aromatic N) is 2. The van der Waals surface area contributed by atoms with E-state index < -0.39 is 90.6 Å². The van der Waals surface area contributed by atoms with Crippen LogP contribution < -0.4 is 32.3 Å². The molecule has 0 aliphatic rings. The SMILES string of the molecule is CSCC[C@H](NC(=O)[C@H](Cc1cnc[nH]1)NC(=O)[C@H](CCC(=O)O)NC(=O)[C@H](CC(C)C)NC(=O)[C@H](Cc1ccc(O)cc1)NC(=O)[C@@H](N)Cc1cnc[nH]1)C(=O)O. The number of amides is 5. The molecule has 0 radical (unpaired) electrons. The number of hydrogen-bond donors (Lipinski definition) is 11. The van der Waals surface area contributed by atoms with Gasteiger partial charge in [0.25, 0.3) is 0 Å². The van der Waals surface area contributed by atoms with Crippen LogP contribution in [-0.2, 0) is 52.8 Å². The van der Waals surface area contributed by atoms with E-state index in [0.29, 0.717) is 22.7 Å². The predicted molar refractivity (Wildman–Crippen MR) is 211 cm³/mol. The molecule has 6 atom stereocenters. The van der Waals surface area contributed by atoms with Crippen LogP contribution in [0.25, 0.3) is 0 Å². The number of imidazole rings is 2. The number of carbonyl (C=O) groups excluding carboxylic acids is 5. The van der Waals surface area contributed by atoms with E-state index in [0.717, 1.165) is 0 Å². The summed E-state index contributed by atoms with van der Waals surface area (Å²) in [5.41, 5.74) is 7.70. The van der Waals surface area contributed by atoms with Crippen molar-refractivity contribution in [2.45, 2.75) is 95.0 Å². The van der Waals surface area contributed by atoms with Crippen LogP contribution in [0, 0.1) is 5.92 Å². The first kappa shape index (κ1) is 46.4. The van der Waals surface area contributed by atoms with Crippen LogP contribution in [-0.4, -0.2) is 125 Å². The van der Waals surface area contributed by atoms with Gasteiger partial charge in [0.15, 0.2) is 0 Å². The minimum atomic E-state index is -1.52. The summed E-state index contributed by atoms with van der Waals surface area (Å²) >= 11 is 1.38. The van der Waals surface area contributed by atoms with Gasteiger partial charge in [-0.15, -0.1) is 0 Å². The van der Waals surface area contributed by atoms with Gasteiger partial charge in [-0.05, 0) is 54.9 Å². The summed E-state index contributed by atoms with van der Waals surface area (Å²) in [6.45, 7) is 3.57. The second kappa shape index (κ2) is 23.3. The molecule has 0 bridgehead atoms. The van der Waals surface area contributed by atoms with Crippen molar-refractivity contribution in [1.82, 2.24) is 46.5 Å². The monoisotopic (exact) mass is 828 g/mol. The van der Waals surface area contributed by atoms with Crippen molar-refractivity contribution in [2.24, 2.45) is 11.7 Å². The smallest absolute Gasteiger partial charge is 0.326 e. The maximum absolute atomic E-state index is 13.9. The number of carboxylic acid groups (broad SMARTS) is 2. The van der Waals surface area contributed by atoms with E-state index in [9.17, 15) is 48.9 Å². The molecule has 3 aromatic rings. The quantitative estimate of drug-likeness (QED) is 0.0507. The fourth-order valence-corrected chi connectivity index (χ4v) is 6.20. The molecule has 0 saturated carbocycles. The Morgan fingerprint density at radius 1 is 0.690 bits per heavy atom. The number of nitrogens with two attached hydrogens (primary N) is 1. The van der Waals surface area contributed by atoms with Crippen molar-refractivity contribution in [2.75, 3.05) is 12.0 Å². The molecule has 316 valence electrons. The highest BCUT2D eigenvalue weighted by Crippen LogP contribution is 2.14. The highest BCUT2D eigenvalue weighted by atomic mass is 32.2. The van der Waals surface area contributed by atoms with E-state index in [2.05, 4.69) is 46.5 Å². The number of H-pyrrole nitrogens is 2. The molecular formula is C37H52N10O10S. The van der Waals surface area contributed by atoms with Crippen molar-refractivity contribution in [1.29, 1.82) is 0 Å². The lowest BCUT2D eigenvalue weighted by Gasteiger charge is -2.27. The Bertz CT molecular complexity index is 1810. The van der Waals surface area contributed by atoms with Gasteiger partial charge in [-0.1, -0.05) is 26.0 Å². The Morgan fingerprint density at radius 3 is 1.72 bits per heavy atom. The highest BCUT2D eigenvalue weighted by molar-refractivity contribution is 7.98. The van der Waals surface area contributed by atoms with E-state index in [1.54, 1.807) is 32.2 Å². The van der Waals surface area contributed by atoms with Crippen molar-refractivity contribution in [3.63, 3.8) is 0 Å². The van der Waals surface area contributed by atoms with Crippen LogP contribution in [0.3, 0.4) is 0 Å². The minimum Gasteiger partial charge on any atom is -0.508 e. The van der Waals surface area contributed by atoms with Crippen LogP contribution in [0.5, 0.6) is 5.75 Å². The molecule has 0 spiro atoms. The Labute approximate surface area is 338 Å². The number of hydrogen-bond acceptors (Lipinski definition) is 12. The van der Waals surface area contributed by atoms with Gasteiger partial charge in [0.2, 0.25) is 29.5 Å². The number of carboxylic acids is 2. The number of phenolic OH excluding ortho intramolecular Hbond substituents is 1. The van der Waals surface area contributed by atoms with E-state index >= 15 is 0 Å². The lowest BCUT2D eigenvalue weighted by atomic mass is 10.00. The number of aromatic hydroxyl groups is 1. The summed E-state index contributed by atoms with van der Waals surface area (Å²) in [5.74, 6) is -6.40. The molecule has 21 heteroatoms. The van der Waals surface area contributed by atoms with Gasteiger partial charge in [-0.2, -0.15) is 11.8 Å². The molecule has 2 heterocycles. The first-order valence-corrected chi connectivity index (χ1v) is 19.9. The van der Waals surface area contributed by atoms with Gasteiger partial charge >= 0.3 is 11.9 Å². The lowest BCUT2D eigenvalue weighted by molar-refractivity contribution is -0.142. The molecule has 0 fully saturated rings. The molecule has 58 heavy (non-hydrogen) atoms. The highest BCUT2D eigenvalue weighted by Gasteiger charge is 2.34. The maximum atomic E-state index is 13.9. The van der Waals surface area contributed by atoms with Crippen LogP contribution in [0.1, 0.15) is 56.5 Å². The maximum Gasteiger partial charge on any atom is 0.326 e. The van der Waals surface area contributed by atoms with Crippen LogP contribution in [0.4, 0.5) is 0 Å². The molecule has 20 nitrogen and oxygen atoms in total. The summed E-state index contributed by atoms with van der Waals surface area (Å²) in [6, 6.07) is -1.85. The number of rotatable bonds is 25. The second-order valence-corrected chi connectivity index (χ2v) is 15.0. The molecule has 5 amide bonds. The van der Waals surface area contributed by atoms with Gasteiger partial charge in [0, 0.05) is 49.5 Å². The molecule has 1 aromatic carbocycles. The molecule has 3 rings (SSSR count). The molecule has 0 aliphatic carbocycles. The van der Waals surface area contributed by atoms with Gasteiger partial charge in [0.1, 0.15) is 36.0 Å². The average molecular weight is 829 g/mol. The molecule has 0 unspecified atom stereocenters. The standard InChI is InChI=1S/C37H52N10O10S/c1-20(2)12-28(46-35(54)29(13-21-4-6-24(48)7-5-21)45-32(51)25(38)14-22-16-39-18-41-22)34(53)43-26(8-9-31(49)50)33(52)47-30(15-23-17-40-19-42-23)36(55)44-27(37(56)57)10-11-58-3/h4-7,16-20,25-30,48H,8-15,38H2,1-3H3,(H,39,41)(H,40,42)(H,43,53)(H,44,55)(H,45,51)(H,46,54)(H,47,52)(H,49,50)(H,56,57)/t25-,26-,27-,28-,29-,30-/m0/s1. The first-order valence-electron chi connectivity index (χ1n) is 18.5. The molecule has 0 aliphatic heterocycles. The zero-order chi connectivity index (χ0) is 42.8. The number of phenols is 1. The third-order valence-electron chi connectivity index (χ3n) is 8.80. The Kier molecular flexibility index (Phi) is 18.7. The van der Waals surface area contributed by atoms with Gasteiger partial charge in [0.05, 0.1) is 18.7 Å². The van der Waals surface area contributed by atoms with Gasteiger partial charge in [-0.3, -0.25) is 28.8 Å². The number of aromatic nitrogens is 4. The zero-order valence-electron chi connectivity index (χ0n) is 32.4. The largest absolute Gasteiger partial charge is 0.508 e. The number of aliphatic carboxylic acids is 2. The van der Waals surface area contributed by atoms with E-state index in [4.69, 9.17) is 5.73 Å². The van der Waals surface area contributed by atoms with Crippen molar-refractivity contribution < 1.29 is 48.9 Å². The summed E-state index contributed by atoms with van der Waals surface area (Å²) in [5, 5.41) is 41.7. The summed E-state index contributed by atoms with van der Waals surface area (Å²) in [4.78, 5) is 105. The Hall–Kier alpha value is -5.96. The zero-order valence-corrected chi connectivity index (χ0v) is 33.2. The fourth-order valence-electron chi connectivity index (χ4n) is 5.73. The number of benzene rings is 1. The third kappa shape index (κ3) is 15.9. The summed E-state index contributed by atoms with van der Waals surface area (Å²) in [7, 11) is 0. The van der Waals surface area contributed by atoms with Crippen molar-refractivity contribution >= 4 is 53.2 Å². The molecule has 0 saturated heterocycles.